The first-order valence-corrected chi connectivity index (χ1v) is 7.06. The van der Waals surface area contributed by atoms with Crippen molar-refractivity contribution in [2.45, 2.75) is 18.9 Å². The Labute approximate surface area is 106 Å². The highest BCUT2D eigenvalue weighted by Crippen LogP contribution is 2.20. The van der Waals surface area contributed by atoms with Crippen molar-refractivity contribution in [1.29, 1.82) is 0 Å². The molecule has 2 aliphatic heterocycles. The van der Waals surface area contributed by atoms with E-state index in [1.807, 2.05) is 11.9 Å². The van der Waals surface area contributed by atoms with Gasteiger partial charge in [-0.2, -0.15) is 0 Å². The van der Waals surface area contributed by atoms with Crippen LogP contribution in [0.15, 0.2) is 0 Å². The van der Waals surface area contributed by atoms with Crippen molar-refractivity contribution < 1.29 is 9.59 Å². The molecule has 2 fully saturated rings. The third-order valence-corrected chi connectivity index (χ3v) is 4.27. The number of hydrogen-bond donors (Lipinski definition) is 2. The lowest BCUT2D eigenvalue weighted by atomic mass is 9.96. The van der Waals surface area contributed by atoms with Crippen molar-refractivity contribution in [3.63, 3.8) is 0 Å². The third kappa shape index (κ3) is 3.13. The number of hydrogen-bond acceptors (Lipinski definition) is 4. The van der Waals surface area contributed by atoms with Gasteiger partial charge in [-0.15, -0.1) is 0 Å². The lowest BCUT2D eigenvalue weighted by molar-refractivity contribution is -0.133. The Morgan fingerprint density at radius 2 is 2.24 bits per heavy atom. The predicted molar refractivity (Wildman–Crippen MR) is 68.0 cm³/mol. The zero-order chi connectivity index (χ0) is 12.3. The van der Waals surface area contributed by atoms with Crippen LogP contribution >= 0.6 is 11.8 Å². The van der Waals surface area contributed by atoms with Crippen LogP contribution in [0.25, 0.3) is 0 Å². The van der Waals surface area contributed by atoms with Crippen LogP contribution in [0.5, 0.6) is 0 Å². The molecule has 17 heavy (non-hydrogen) atoms. The van der Waals surface area contributed by atoms with E-state index in [9.17, 15) is 9.59 Å². The average Bonchev–Trinajstić information content (AvgIpc) is 2.76. The maximum Gasteiger partial charge on any atom is 0.279 e. The third-order valence-electron chi connectivity index (χ3n) is 3.39. The average molecular weight is 257 g/mol. The summed E-state index contributed by atoms with van der Waals surface area (Å²) in [5.41, 5.74) is 0. The molecule has 0 aliphatic carbocycles. The molecule has 2 amide bonds. The molecule has 6 heteroatoms. The molecule has 2 rings (SSSR count). The molecule has 2 heterocycles. The fourth-order valence-corrected chi connectivity index (χ4v) is 3.15. The van der Waals surface area contributed by atoms with Gasteiger partial charge in [-0.1, -0.05) is 11.8 Å². The Morgan fingerprint density at radius 1 is 1.53 bits per heavy atom. The molecule has 0 aromatic rings. The largest absolute Gasteiger partial charge is 0.341 e. The Kier molecular flexibility index (Phi) is 4.28. The van der Waals surface area contributed by atoms with Gasteiger partial charge in [0.1, 0.15) is 6.04 Å². The Balaban J connectivity index is 1.80. The predicted octanol–water partition coefficient (Wildman–Crippen LogP) is 0.269. The minimum Gasteiger partial charge on any atom is -0.341 e. The number of likely N-dealkylation sites (tertiary alicyclic amines) is 1. The van der Waals surface area contributed by atoms with Crippen LogP contribution < -0.4 is 10.6 Å². The zero-order valence-electron chi connectivity index (χ0n) is 10.1. The van der Waals surface area contributed by atoms with E-state index in [0.717, 1.165) is 32.5 Å². The molecule has 2 N–H and O–H groups in total. The Hall–Kier alpha value is -0.750. The molecule has 0 spiro atoms. The summed E-state index contributed by atoms with van der Waals surface area (Å²) >= 11 is 1.20. The van der Waals surface area contributed by atoms with Crippen molar-refractivity contribution in [3.05, 3.63) is 0 Å². The Bertz CT molecular complexity index is 303. The van der Waals surface area contributed by atoms with E-state index in [2.05, 4.69) is 10.6 Å². The molecule has 0 unspecified atom stereocenters. The highest BCUT2D eigenvalue weighted by molar-refractivity contribution is 8.14. The fourth-order valence-electron chi connectivity index (χ4n) is 2.38. The van der Waals surface area contributed by atoms with Crippen molar-refractivity contribution >= 4 is 22.9 Å². The maximum atomic E-state index is 12.1. The molecule has 5 nitrogen and oxygen atoms in total. The van der Waals surface area contributed by atoms with Gasteiger partial charge in [0.05, 0.1) is 0 Å². The first-order chi connectivity index (χ1) is 8.20. The smallest absolute Gasteiger partial charge is 0.279 e. The molecule has 0 aromatic carbocycles. The van der Waals surface area contributed by atoms with E-state index in [1.165, 1.54) is 11.8 Å². The maximum absolute atomic E-state index is 12.1. The number of nitrogens with zero attached hydrogens (tertiary/aromatic N) is 1. The van der Waals surface area contributed by atoms with E-state index < -0.39 is 0 Å². The standard InChI is InChI=1S/C11H19N3O2S/c1-12-6-8-2-4-14(5-3-8)10(15)9-7-17-11(16)13-9/h8-9,12H,2-7H2,1H3,(H,13,16)/t9-/m0/s1. The second kappa shape index (κ2) is 5.73. The summed E-state index contributed by atoms with van der Waals surface area (Å²) in [4.78, 5) is 25.0. The second-order valence-corrected chi connectivity index (χ2v) is 5.61. The zero-order valence-corrected chi connectivity index (χ0v) is 10.9. The SMILES string of the molecule is CNCC1CCN(C(=O)[C@@H]2CSC(=O)N2)CC1. The van der Waals surface area contributed by atoms with Crippen molar-refractivity contribution in [3.8, 4) is 0 Å². The van der Waals surface area contributed by atoms with Gasteiger partial charge in [-0.05, 0) is 32.4 Å². The van der Waals surface area contributed by atoms with Crippen molar-refractivity contribution in [2.24, 2.45) is 5.92 Å². The van der Waals surface area contributed by atoms with Gasteiger partial charge in [0, 0.05) is 18.8 Å². The molecule has 1 atom stereocenters. The Morgan fingerprint density at radius 3 is 2.76 bits per heavy atom. The lowest BCUT2D eigenvalue weighted by Crippen LogP contribution is -2.49. The summed E-state index contributed by atoms with van der Waals surface area (Å²) in [5, 5.41) is 5.81. The molecule has 0 radical (unpaired) electrons. The van der Waals surface area contributed by atoms with Crippen LogP contribution in [0, 0.1) is 5.92 Å². The first kappa shape index (κ1) is 12.7. The fraction of sp³-hybridized carbons (Fsp3) is 0.818. The van der Waals surface area contributed by atoms with Gasteiger partial charge in [-0.3, -0.25) is 9.59 Å². The summed E-state index contributed by atoms with van der Waals surface area (Å²) in [6, 6.07) is -0.298. The molecule has 0 aromatic heterocycles. The quantitative estimate of drug-likeness (QED) is 0.762. The van der Waals surface area contributed by atoms with Gasteiger partial charge < -0.3 is 15.5 Å². The molecular formula is C11H19N3O2S. The molecule has 0 bridgehead atoms. The minimum atomic E-state index is -0.298. The molecule has 2 aliphatic rings. The lowest BCUT2D eigenvalue weighted by Gasteiger charge is -2.33. The van der Waals surface area contributed by atoms with Crippen LogP contribution in [-0.4, -0.2) is 54.5 Å². The van der Waals surface area contributed by atoms with E-state index >= 15 is 0 Å². The van der Waals surface area contributed by atoms with Gasteiger partial charge in [0.15, 0.2) is 0 Å². The number of carbonyl (C=O) groups is 2. The summed E-state index contributed by atoms with van der Waals surface area (Å²) < 4.78 is 0. The number of carbonyl (C=O) groups excluding carboxylic acids is 2. The topological polar surface area (TPSA) is 61.4 Å². The number of thioether (sulfide) groups is 1. The number of rotatable bonds is 3. The summed E-state index contributed by atoms with van der Waals surface area (Å²) in [5.74, 6) is 1.34. The van der Waals surface area contributed by atoms with Gasteiger partial charge >= 0.3 is 0 Å². The normalized spacial score (nSPS) is 26.1. The first-order valence-electron chi connectivity index (χ1n) is 6.07. The van der Waals surface area contributed by atoms with E-state index in [-0.39, 0.29) is 17.2 Å². The van der Waals surface area contributed by atoms with Crippen molar-refractivity contribution in [2.75, 3.05) is 32.4 Å². The van der Waals surface area contributed by atoms with Crippen LogP contribution in [0.4, 0.5) is 4.79 Å². The van der Waals surface area contributed by atoms with E-state index in [4.69, 9.17) is 0 Å². The van der Waals surface area contributed by atoms with Crippen molar-refractivity contribution in [1.82, 2.24) is 15.5 Å². The summed E-state index contributed by atoms with van der Waals surface area (Å²) in [6.45, 7) is 2.67. The van der Waals surface area contributed by atoms with Crippen LogP contribution in [0.1, 0.15) is 12.8 Å². The number of nitrogens with one attached hydrogen (secondary N) is 2. The van der Waals surface area contributed by atoms with E-state index in [0.29, 0.717) is 11.7 Å². The van der Waals surface area contributed by atoms with Crippen LogP contribution in [-0.2, 0) is 4.79 Å². The van der Waals surface area contributed by atoms with Gasteiger partial charge in [0.25, 0.3) is 5.24 Å². The monoisotopic (exact) mass is 257 g/mol. The van der Waals surface area contributed by atoms with E-state index in [1.54, 1.807) is 0 Å². The molecule has 0 saturated carbocycles. The van der Waals surface area contributed by atoms with Crippen LogP contribution in [0.2, 0.25) is 0 Å². The number of piperidine rings is 1. The molecular weight excluding hydrogens is 238 g/mol. The highest BCUT2D eigenvalue weighted by Gasteiger charge is 2.32. The minimum absolute atomic E-state index is 0.0755. The molecule has 2 saturated heterocycles. The molecule has 96 valence electrons. The van der Waals surface area contributed by atoms with Gasteiger partial charge in [-0.25, -0.2) is 0 Å². The van der Waals surface area contributed by atoms with Gasteiger partial charge in [0.2, 0.25) is 5.91 Å². The second-order valence-electron chi connectivity index (χ2n) is 4.62. The van der Waals surface area contributed by atoms with Crippen LogP contribution in [0.3, 0.4) is 0 Å². The highest BCUT2D eigenvalue weighted by atomic mass is 32.2. The number of amides is 2. The summed E-state index contributed by atoms with van der Waals surface area (Å²) in [7, 11) is 1.96. The summed E-state index contributed by atoms with van der Waals surface area (Å²) in [6.07, 6.45) is 2.11.